The Morgan fingerprint density at radius 1 is 1.43 bits per heavy atom. The van der Waals surface area contributed by atoms with E-state index in [0.717, 1.165) is 24.5 Å². The topological polar surface area (TPSA) is 94.3 Å². The molecule has 1 rings (SSSR count). The number of carbonyl (C=O) groups is 2. The third-order valence-corrected chi connectivity index (χ3v) is 3.86. The van der Waals surface area contributed by atoms with Crippen LogP contribution >= 0.6 is 11.3 Å². The van der Waals surface area contributed by atoms with Crippen molar-refractivity contribution in [1.29, 1.82) is 0 Å². The van der Waals surface area contributed by atoms with Crippen molar-refractivity contribution in [2.45, 2.75) is 45.4 Å². The molecule has 6 nitrogen and oxygen atoms in total. The number of hydrogen-bond donors (Lipinski definition) is 2. The lowest BCUT2D eigenvalue weighted by atomic mass is 9.90. The van der Waals surface area contributed by atoms with Crippen LogP contribution < -0.4 is 11.1 Å². The number of anilines is 1. The van der Waals surface area contributed by atoms with Gasteiger partial charge in [0.25, 0.3) is 0 Å². The molecule has 0 saturated carbocycles. The Bertz CT molecular complexity index is 486. The van der Waals surface area contributed by atoms with Crippen molar-refractivity contribution in [2.75, 3.05) is 18.5 Å². The van der Waals surface area contributed by atoms with Gasteiger partial charge in [-0.1, -0.05) is 0 Å². The highest BCUT2D eigenvalue weighted by atomic mass is 32.1. The smallest absolute Gasteiger partial charge is 0.317 e. The van der Waals surface area contributed by atoms with E-state index < -0.39 is 5.41 Å². The van der Waals surface area contributed by atoms with Gasteiger partial charge in [0.1, 0.15) is 5.41 Å². The zero-order chi connectivity index (χ0) is 15.9. The summed E-state index contributed by atoms with van der Waals surface area (Å²) in [6, 6.07) is 0. The molecule has 1 aromatic heterocycles. The van der Waals surface area contributed by atoms with Crippen LogP contribution in [0.25, 0.3) is 0 Å². The Kier molecular flexibility index (Phi) is 6.61. The van der Waals surface area contributed by atoms with E-state index in [2.05, 4.69) is 10.3 Å². The van der Waals surface area contributed by atoms with Gasteiger partial charge in [0.2, 0.25) is 5.91 Å². The number of aromatic nitrogens is 1. The van der Waals surface area contributed by atoms with Crippen LogP contribution in [0.1, 0.15) is 45.7 Å². The predicted molar refractivity (Wildman–Crippen MR) is 83.3 cm³/mol. The van der Waals surface area contributed by atoms with Crippen LogP contribution in [0.15, 0.2) is 5.38 Å². The van der Waals surface area contributed by atoms with Crippen molar-refractivity contribution >= 4 is 28.3 Å². The Morgan fingerprint density at radius 2 is 2.14 bits per heavy atom. The fraction of sp³-hybridized carbons (Fsp3) is 0.643. The van der Waals surface area contributed by atoms with Crippen LogP contribution in [0.4, 0.5) is 5.13 Å². The average molecular weight is 313 g/mol. The normalized spacial score (nSPS) is 11.2. The monoisotopic (exact) mass is 313 g/mol. The van der Waals surface area contributed by atoms with Gasteiger partial charge in [0.15, 0.2) is 5.13 Å². The lowest BCUT2D eigenvalue weighted by Crippen LogP contribution is -2.31. The zero-order valence-electron chi connectivity index (χ0n) is 12.8. The Labute approximate surface area is 129 Å². The first-order valence-corrected chi connectivity index (χ1v) is 7.91. The molecule has 0 aromatic carbocycles. The molecular formula is C14H23N3O3S. The molecule has 0 aliphatic carbocycles. The molecule has 7 heteroatoms. The van der Waals surface area contributed by atoms with Crippen molar-refractivity contribution in [3.05, 3.63) is 11.1 Å². The third kappa shape index (κ3) is 5.34. The summed E-state index contributed by atoms with van der Waals surface area (Å²) in [5.74, 6) is -0.550. The average Bonchev–Trinajstić information content (AvgIpc) is 2.87. The number of esters is 1. The minimum Gasteiger partial charge on any atom is -0.465 e. The number of rotatable bonds is 9. The van der Waals surface area contributed by atoms with Gasteiger partial charge in [0, 0.05) is 18.3 Å². The maximum Gasteiger partial charge on any atom is 0.317 e. The number of unbranched alkanes of at least 4 members (excludes halogenated alkanes) is 1. The summed E-state index contributed by atoms with van der Waals surface area (Å²) in [4.78, 5) is 27.0. The van der Waals surface area contributed by atoms with Gasteiger partial charge >= 0.3 is 5.97 Å². The number of primary amides is 1. The van der Waals surface area contributed by atoms with E-state index in [4.69, 9.17) is 10.5 Å². The minimum absolute atomic E-state index is 0.275. The highest BCUT2D eigenvalue weighted by molar-refractivity contribution is 7.13. The van der Waals surface area contributed by atoms with Crippen LogP contribution in [0.5, 0.6) is 0 Å². The number of amides is 1. The van der Waals surface area contributed by atoms with E-state index in [9.17, 15) is 9.59 Å². The number of nitrogens with zero attached hydrogens (tertiary/aromatic N) is 1. The molecule has 0 bridgehead atoms. The molecule has 0 aliphatic heterocycles. The van der Waals surface area contributed by atoms with E-state index in [-0.39, 0.29) is 11.9 Å². The van der Waals surface area contributed by atoms with Crippen LogP contribution in [-0.2, 0) is 19.7 Å². The summed E-state index contributed by atoms with van der Waals surface area (Å²) in [7, 11) is 0. The van der Waals surface area contributed by atoms with Gasteiger partial charge in [0.05, 0.1) is 12.3 Å². The number of thiazole rings is 1. The summed E-state index contributed by atoms with van der Waals surface area (Å²) in [6.45, 7) is 6.47. The van der Waals surface area contributed by atoms with E-state index in [1.54, 1.807) is 20.8 Å². The quantitative estimate of drug-likeness (QED) is 0.537. The number of carbonyl (C=O) groups excluding carboxylic acids is 2. The molecule has 0 aliphatic rings. The Morgan fingerprint density at radius 3 is 2.76 bits per heavy atom. The van der Waals surface area contributed by atoms with Crippen molar-refractivity contribution in [3.8, 4) is 0 Å². The van der Waals surface area contributed by atoms with E-state index >= 15 is 0 Å². The van der Waals surface area contributed by atoms with Crippen molar-refractivity contribution in [1.82, 2.24) is 4.98 Å². The molecule has 118 valence electrons. The number of ether oxygens (including phenoxy) is 1. The van der Waals surface area contributed by atoms with Crippen molar-refractivity contribution in [3.63, 3.8) is 0 Å². The molecule has 1 heterocycles. The summed E-state index contributed by atoms with van der Waals surface area (Å²) >= 11 is 1.45. The molecule has 0 radical (unpaired) electrons. The fourth-order valence-electron chi connectivity index (χ4n) is 1.68. The van der Waals surface area contributed by atoms with Crippen LogP contribution in [-0.4, -0.2) is 30.0 Å². The molecule has 0 atom stereocenters. The Balaban J connectivity index is 2.49. The summed E-state index contributed by atoms with van der Waals surface area (Å²) < 4.78 is 5.07. The summed E-state index contributed by atoms with van der Waals surface area (Å²) in [5.41, 5.74) is 5.02. The fourth-order valence-corrected chi connectivity index (χ4v) is 2.58. The maximum atomic E-state index is 11.9. The van der Waals surface area contributed by atoms with E-state index in [0.29, 0.717) is 18.7 Å². The largest absolute Gasteiger partial charge is 0.465 e. The first kappa shape index (κ1) is 17.4. The highest BCUT2D eigenvalue weighted by Crippen LogP contribution is 2.28. The van der Waals surface area contributed by atoms with Gasteiger partial charge < -0.3 is 15.8 Å². The Hall–Kier alpha value is -1.63. The molecule has 0 fully saturated rings. The second-order valence-corrected chi connectivity index (χ2v) is 6.09. The minimum atomic E-state index is -0.752. The number of nitrogens with two attached hydrogens (primary N) is 1. The molecular weight excluding hydrogens is 290 g/mol. The van der Waals surface area contributed by atoms with Crippen LogP contribution in [0.3, 0.4) is 0 Å². The molecule has 3 N–H and O–H groups in total. The lowest BCUT2D eigenvalue weighted by molar-refractivity contribution is -0.148. The molecule has 0 saturated heterocycles. The van der Waals surface area contributed by atoms with Gasteiger partial charge in [-0.15, -0.1) is 11.3 Å². The van der Waals surface area contributed by atoms with Crippen molar-refractivity contribution < 1.29 is 14.3 Å². The van der Waals surface area contributed by atoms with E-state index in [1.807, 2.05) is 5.38 Å². The number of hydrogen-bond acceptors (Lipinski definition) is 6. The number of nitrogens with one attached hydrogen (secondary N) is 1. The van der Waals surface area contributed by atoms with Crippen LogP contribution in [0.2, 0.25) is 0 Å². The predicted octanol–water partition coefficient (Wildman–Crippen LogP) is 2.05. The molecule has 1 aromatic rings. The molecule has 0 unspecified atom stereocenters. The molecule has 21 heavy (non-hydrogen) atoms. The molecule has 1 amide bonds. The summed E-state index contributed by atoms with van der Waals surface area (Å²) in [6.07, 6.45) is 2.01. The first-order chi connectivity index (χ1) is 9.87. The van der Waals surface area contributed by atoms with Crippen molar-refractivity contribution in [2.24, 2.45) is 5.73 Å². The highest BCUT2D eigenvalue weighted by Gasteiger charge is 2.33. The first-order valence-electron chi connectivity index (χ1n) is 7.03. The standard InChI is InChI=1S/C14H23N3O3S/c1-4-20-12(19)14(2,3)10-9-21-13(17-10)16-8-6-5-7-11(15)18/h9H,4-8H2,1-3H3,(H2,15,18)(H,16,17). The zero-order valence-corrected chi connectivity index (χ0v) is 13.6. The summed E-state index contributed by atoms with van der Waals surface area (Å²) in [5, 5.41) is 5.81. The van der Waals surface area contributed by atoms with E-state index in [1.165, 1.54) is 11.3 Å². The lowest BCUT2D eigenvalue weighted by Gasteiger charge is -2.19. The second kappa shape index (κ2) is 7.97. The van der Waals surface area contributed by atoms with Gasteiger partial charge in [-0.05, 0) is 33.6 Å². The molecule has 0 spiro atoms. The second-order valence-electron chi connectivity index (χ2n) is 5.23. The third-order valence-electron chi connectivity index (χ3n) is 3.06. The van der Waals surface area contributed by atoms with Gasteiger partial charge in [-0.3, -0.25) is 9.59 Å². The van der Waals surface area contributed by atoms with Gasteiger partial charge in [-0.25, -0.2) is 4.98 Å². The van der Waals surface area contributed by atoms with Gasteiger partial charge in [-0.2, -0.15) is 0 Å². The maximum absolute atomic E-state index is 11.9. The van der Waals surface area contributed by atoms with Crippen LogP contribution in [0, 0.1) is 0 Å². The SMILES string of the molecule is CCOC(=O)C(C)(C)c1csc(NCCCCC(N)=O)n1.